The summed E-state index contributed by atoms with van der Waals surface area (Å²) in [6.45, 7) is 2.54. The maximum Gasteiger partial charge on any atom is 0.332 e. The van der Waals surface area contributed by atoms with Crippen molar-refractivity contribution >= 4 is 22.6 Å². The molecule has 0 bridgehead atoms. The number of H-pyrrole nitrogens is 1. The molecule has 30 heavy (non-hydrogen) atoms. The summed E-state index contributed by atoms with van der Waals surface area (Å²) in [7, 11) is 0. The third kappa shape index (κ3) is 2.79. The van der Waals surface area contributed by atoms with E-state index in [-0.39, 0.29) is 17.5 Å². The van der Waals surface area contributed by atoms with Gasteiger partial charge < -0.3 is 15.0 Å². The van der Waals surface area contributed by atoms with Crippen molar-refractivity contribution in [1.82, 2.24) is 34.0 Å². The van der Waals surface area contributed by atoms with Gasteiger partial charge in [-0.15, -0.1) is 0 Å². The fourth-order valence-electron chi connectivity index (χ4n) is 4.44. The van der Waals surface area contributed by atoms with Crippen LogP contribution in [0.1, 0.15) is 30.0 Å². The van der Waals surface area contributed by atoms with Gasteiger partial charge in [0.2, 0.25) is 5.91 Å². The Morgan fingerprint density at radius 2 is 2.27 bits per heavy atom. The quantitative estimate of drug-likeness (QED) is 0.517. The van der Waals surface area contributed by atoms with Crippen LogP contribution in [0.4, 0.5) is 0 Å². The number of fused-ring (bicyclic) bond motifs is 2. The summed E-state index contributed by atoms with van der Waals surface area (Å²) in [4.78, 5) is 37.7. The monoisotopic (exact) mass is 407 g/mol. The highest BCUT2D eigenvalue weighted by molar-refractivity contribution is 5.80. The van der Waals surface area contributed by atoms with Crippen molar-refractivity contribution < 1.29 is 9.90 Å². The zero-order chi connectivity index (χ0) is 20.8. The number of amides is 1. The SMILES string of the molecule is Cc1nn2cccc([C@@H]3CCCN(C(=O)CO)C3)c2c1-n1c(=O)[nH]c2cncnc21. The van der Waals surface area contributed by atoms with Gasteiger partial charge in [0.05, 0.1) is 17.4 Å². The zero-order valence-corrected chi connectivity index (χ0v) is 16.4. The van der Waals surface area contributed by atoms with E-state index in [9.17, 15) is 14.7 Å². The summed E-state index contributed by atoms with van der Waals surface area (Å²) < 4.78 is 3.32. The number of aryl methyl sites for hydroxylation is 1. The van der Waals surface area contributed by atoms with Crippen LogP contribution < -0.4 is 5.69 Å². The second-order valence-electron chi connectivity index (χ2n) is 7.55. The number of aliphatic hydroxyl groups excluding tert-OH is 1. The van der Waals surface area contributed by atoms with E-state index in [0.717, 1.165) is 23.9 Å². The van der Waals surface area contributed by atoms with Crippen molar-refractivity contribution in [1.29, 1.82) is 0 Å². The summed E-state index contributed by atoms with van der Waals surface area (Å²) in [6, 6.07) is 3.94. The summed E-state index contributed by atoms with van der Waals surface area (Å²) in [5, 5.41) is 13.9. The number of rotatable bonds is 3. The second kappa shape index (κ2) is 7.06. The van der Waals surface area contributed by atoms with Crippen LogP contribution in [-0.2, 0) is 4.79 Å². The van der Waals surface area contributed by atoms with Crippen LogP contribution in [0, 0.1) is 6.92 Å². The lowest BCUT2D eigenvalue weighted by molar-refractivity contribution is -0.135. The Kier molecular flexibility index (Phi) is 4.35. The Hall–Kier alpha value is -3.53. The van der Waals surface area contributed by atoms with Gasteiger partial charge in [-0.05, 0) is 31.4 Å². The first-order valence-corrected chi connectivity index (χ1v) is 9.86. The number of imidazole rings is 1. The molecule has 0 radical (unpaired) electrons. The number of aliphatic hydroxyl groups is 1. The van der Waals surface area contributed by atoms with Gasteiger partial charge in [0, 0.05) is 25.2 Å². The Morgan fingerprint density at radius 3 is 3.10 bits per heavy atom. The first-order chi connectivity index (χ1) is 14.6. The molecule has 1 saturated heterocycles. The Labute approximate surface area is 170 Å². The third-order valence-corrected chi connectivity index (χ3v) is 5.75. The molecule has 2 N–H and O–H groups in total. The van der Waals surface area contributed by atoms with Crippen LogP contribution >= 0.6 is 0 Å². The average molecular weight is 407 g/mol. The van der Waals surface area contributed by atoms with Crippen molar-refractivity contribution in [3.63, 3.8) is 0 Å². The van der Waals surface area contributed by atoms with E-state index in [1.165, 1.54) is 10.9 Å². The molecule has 1 atom stereocenters. The number of likely N-dealkylation sites (tertiary alicyclic amines) is 1. The largest absolute Gasteiger partial charge is 0.387 e. The zero-order valence-electron chi connectivity index (χ0n) is 16.4. The molecule has 0 spiro atoms. The lowest BCUT2D eigenvalue weighted by Gasteiger charge is -2.33. The van der Waals surface area contributed by atoms with Crippen LogP contribution in [-0.4, -0.2) is 64.7 Å². The molecular weight excluding hydrogens is 386 g/mol. The van der Waals surface area contributed by atoms with Crippen molar-refractivity contribution in [2.75, 3.05) is 19.7 Å². The van der Waals surface area contributed by atoms with E-state index in [2.05, 4.69) is 20.1 Å². The number of aromatic nitrogens is 6. The van der Waals surface area contributed by atoms with E-state index in [1.54, 1.807) is 15.6 Å². The van der Waals surface area contributed by atoms with Gasteiger partial charge in [-0.1, -0.05) is 6.07 Å². The van der Waals surface area contributed by atoms with Gasteiger partial charge in [0.15, 0.2) is 5.65 Å². The molecule has 1 fully saturated rings. The predicted octanol–water partition coefficient (Wildman–Crippen LogP) is 0.763. The van der Waals surface area contributed by atoms with E-state index in [4.69, 9.17) is 0 Å². The molecular formula is C20H21N7O3. The van der Waals surface area contributed by atoms with Crippen LogP contribution in [0.2, 0.25) is 0 Å². The Bertz CT molecular complexity index is 1320. The molecule has 0 aliphatic carbocycles. The standard InChI is InChI=1S/C20H21N7O3/c1-12-17(27-19-15(23-20(27)30)8-21-11-22-19)18-14(5-3-7-26(18)24-12)13-4-2-6-25(9-13)16(29)10-28/h3,5,7-8,11,13,28H,2,4,6,9-10H2,1H3,(H,23,30)/t13-/m1/s1. The summed E-state index contributed by atoms with van der Waals surface area (Å²) >= 11 is 0. The van der Waals surface area contributed by atoms with Crippen LogP contribution in [0.15, 0.2) is 35.6 Å². The van der Waals surface area contributed by atoms with E-state index in [1.807, 2.05) is 25.3 Å². The molecule has 5 rings (SSSR count). The van der Waals surface area contributed by atoms with Crippen molar-refractivity contribution in [3.8, 4) is 5.69 Å². The molecule has 0 saturated carbocycles. The number of piperidine rings is 1. The van der Waals surface area contributed by atoms with Gasteiger partial charge in [-0.3, -0.25) is 4.79 Å². The number of aromatic amines is 1. The minimum atomic E-state index is -0.488. The van der Waals surface area contributed by atoms with Crippen LogP contribution in [0.5, 0.6) is 0 Å². The number of hydrogen-bond acceptors (Lipinski definition) is 6. The van der Waals surface area contributed by atoms with Gasteiger partial charge in [-0.25, -0.2) is 23.8 Å². The summed E-state index contributed by atoms with van der Waals surface area (Å²) in [6.07, 6.45) is 6.59. The number of carbonyl (C=O) groups is 1. The van der Waals surface area contributed by atoms with Gasteiger partial charge in [0.1, 0.15) is 24.1 Å². The van der Waals surface area contributed by atoms with E-state index >= 15 is 0 Å². The molecule has 1 amide bonds. The number of carbonyl (C=O) groups excluding carboxylic acids is 1. The Balaban J connectivity index is 1.72. The number of hydrogen-bond donors (Lipinski definition) is 2. The molecule has 4 aromatic rings. The van der Waals surface area contributed by atoms with Crippen molar-refractivity contribution in [2.24, 2.45) is 0 Å². The van der Waals surface area contributed by atoms with E-state index in [0.29, 0.717) is 35.6 Å². The maximum atomic E-state index is 12.8. The highest BCUT2D eigenvalue weighted by Crippen LogP contribution is 2.34. The average Bonchev–Trinajstić information content (AvgIpc) is 3.27. The molecule has 10 heteroatoms. The molecule has 4 aromatic heterocycles. The summed E-state index contributed by atoms with van der Waals surface area (Å²) in [5.41, 5.74) is 3.94. The van der Waals surface area contributed by atoms with Gasteiger partial charge >= 0.3 is 5.69 Å². The van der Waals surface area contributed by atoms with Crippen molar-refractivity contribution in [2.45, 2.75) is 25.7 Å². The Morgan fingerprint density at radius 1 is 1.40 bits per heavy atom. The number of nitrogens with zero attached hydrogens (tertiary/aromatic N) is 6. The summed E-state index contributed by atoms with van der Waals surface area (Å²) in [5.74, 6) is -0.190. The normalized spacial score (nSPS) is 17.1. The van der Waals surface area contributed by atoms with Crippen molar-refractivity contribution in [3.05, 3.63) is 52.6 Å². The molecule has 0 unspecified atom stereocenters. The minimum absolute atomic E-state index is 0.0725. The van der Waals surface area contributed by atoms with Crippen LogP contribution in [0.3, 0.4) is 0 Å². The topological polar surface area (TPSA) is 121 Å². The second-order valence-corrected chi connectivity index (χ2v) is 7.55. The molecule has 1 aliphatic rings. The van der Waals surface area contributed by atoms with E-state index < -0.39 is 6.61 Å². The molecule has 0 aromatic carbocycles. The van der Waals surface area contributed by atoms with Gasteiger partial charge in [0.25, 0.3) is 0 Å². The molecule has 1 aliphatic heterocycles. The number of nitrogens with one attached hydrogen (secondary N) is 1. The fraction of sp³-hybridized carbons (Fsp3) is 0.350. The smallest absolute Gasteiger partial charge is 0.332 e. The van der Waals surface area contributed by atoms with Gasteiger partial charge in [-0.2, -0.15) is 5.10 Å². The molecule has 5 heterocycles. The first-order valence-electron chi connectivity index (χ1n) is 9.86. The highest BCUT2D eigenvalue weighted by atomic mass is 16.3. The fourth-order valence-corrected chi connectivity index (χ4v) is 4.44. The third-order valence-electron chi connectivity index (χ3n) is 5.75. The molecule has 154 valence electrons. The molecule has 10 nitrogen and oxygen atoms in total. The first kappa shape index (κ1) is 18.5. The number of pyridine rings is 1. The maximum absolute atomic E-state index is 12.8. The lowest BCUT2D eigenvalue weighted by Crippen LogP contribution is -2.40. The van der Waals surface area contributed by atoms with Crippen LogP contribution in [0.25, 0.3) is 22.4 Å². The lowest BCUT2D eigenvalue weighted by atomic mass is 9.90. The highest BCUT2D eigenvalue weighted by Gasteiger charge is 2.28. The predicted molar refractivity (Wildman–Crippen MR) is 109 cm³/mol. The minimum Gasteiger partial charge on any atom is -0.387 e.